The van der Waals surface area contributed by atoms with E-state index < -0.39 is 61.6 Å². The van der Waals surface area contributed by atoms with Crippen LogP contribution >= 0.6 is 0 Å². The van der Waals surface area contributed by atoms with Crippen LogP contribution in [0, 0.1) is 24.7 Å². The van der Waals surface area contributed by atoms with Gasteiger partial charge in [-0.3, -0.25) is 23.9 Å². The van der Waals surface area contributed by atoms with Crippen LogP contribution in [0.25, 0.3) is 10.9 Å². The third-order valence-corrected chi connectivity index (χ3v) is 14.4. The summed E-state index contributed by atoms with van der Waals surface area (Å²) in [4.78, 5) is 62.8. The molecule has 0 bridgehead atoms. The predicted octanol–water partition coefficient (Wildman–Crippen LogP) is 4.82. The average Bonchev–Trinajstić information content (AvgIpc) is 4.04. The number of esters is 1. The van der Waals surface area contributed by atoms with Crippen LogP contribution in [0.2, 0.25) is 0 Å². The number of amides is 3. The van der Waals surface area contributed by atoms with Gasteiger partial charge in [-0.15, -0.1) is 0 Å². The number of rotatable bonds is 8. The van der Waals surface area contributed by atoms with E-state index in [1.165, 1.54) is 4.90 Å². The van der Waals surface area contributed by atoms with Crippen LogP contribution < -0.4 is 19.5 Å². The van der Waals surface area contributed by atoms with Crippen molar-refractivity contribution in [2.24, 2.45) is 17.8 Å². The summed E-state index contributed by atoms with van der Waals surface area (Å²) in [6.45, 7) is 7.71. The molecule has 0 radical (unpaired) electrons. The third-order valence-electron chi connectivity index (χ3n) is 12.3. The van der Waals surface area contributed by atoms with Crippen LogP contribution in [0.3, 0.4) is 0 Å². The first-order valence-electron chi connectivity index (χ1n) is 19.8. The zero-order chi connectivity index (χ0) is 39.3. The first-order chi connectivity index (χ1) is 26.1. The molecular formula is C41H54N4O9S. The molecule has 55 heavy (non-hydrogen) atoms. The lowest BCUT2D eigenvalue weighted by Crippen LogP contribution is -2.57. The van der Waals surface area contributed by atoms with Crippen molar-refractivity contribution in [3.8, 4) is 11.5 Å². The van der Waals surface area contributed by atoms with E-state index in [2.05, 4.69) is 10.0 Å². The highest BCUT2D eigenvalue weighted by Crippen LogP contribution is 2.49. The quantitative estimate of drug-likeness (QED) is 0.280. The van der Waals surface area contributed by atoms with Gasteiger partial charge in [0.25, 0.3) is 5.91 Å². The average molecular weight is 779 g/mol. The molecule has 2 saturated carbocycles. The largest absolute Gasteiger partial charge is 0.497 e. The molecule has 4 heterocycles. The molecule has 1 aromatic carbocycles. The standard InChI is InChI=1S/C41H54N4O9S/c1-25(2)23-53-34(46)19-27-11-9-7-6-8-10-12-28-21-41(28,38(49)44-55(50,51)39(4)17-18-39)43-36(47)33-22-40(24-45(33)37(27)48)16-15-30-31-20-29(52-5)13-14-32(31)42-26(3)35(30)54-40/h10,12-14,20,25,27-28,33H,6-9,11,15-19,21-24H2,1-5H3,(H,43,47)(H,44,49)/b12-10-/t27-,28-,33?,40-,41-/m1/s1. The lowest BCUT2D eigenvalue weighted by Gasteiger charge is -2.36. The number of pyridine rings is 1. The molecule has 7 rings (SSSR count). The van der Waals surface area contributed by atoms with Crippen LogP contribution in [-0.4, -0.2) is 84.2 Å². The number of nitrogens with one attached hydrogen (secondary N) is 2. The third kappa shape index (κ3) is 7.67. The molecule has 1 saturated heterocycles. The van der Waals surface area contributed by atoms with Crippen molar-refractivity contribution >= 4 is 44.6 Å². The Morgan fingerprint density at radius 2 is 1.91 bits per heavy atom. The Morgan fingerprint density at radius 1 is 1.13 bits per heavy atom. The SMILES string of the molecule is COc1ccc2nc(C)c3c(c2c1)CC[C@]1(CC2C(=O)N[C@]4(C(=O)NS(=O)(=O)C5(C)CC5)C[C@H]4/C=C\CCCCC[C@H](CC(=O)OCC(C)C)C(=O)N2C1)O3. The molecule has 3 fully saturated rings. The maximum absolute atomic E-state index is 14.8. The summed E-state index contributed by atoms with van der Waals surface area (Å²) in [6.07, 6.45) is 9.65. The highest BCUT2D eigenvalue weighted by Gasteiger charge is 2.64. The molecule has 298 valence electrons. The van der Waals surface area contributed by atoms with Crippen molar-refractivity contribution in [3.05, 3.63) is 41.6 Å². The summed E-state index contributed by atoms with van der Waals surface area (Å²) in [5.74, 6) is -1.83. The number of benzene rings is 1. The minimum absolute atomic E-state index is 0.0890. The number of ether oxygens (including phenoxy) is 3. The smallest absolute Gasteiger partial charge is 0.306 e. The number of aromatic nitrogens is 1. The normalized spacial score (nSPS) is 29.5. The molecule has 13 nitrogen and oxygen atoms in total. The van der Waals surface area contributed by atoms with Crippen molar-refractivity contribution in [3.63, 3.8) is 0 Å². The van der Waals surface area contributed by atoms with E-state index in [1.54, 1.807) is 14.0 Å². The molecule has 1 aromatic heterocycles. The van der Waals surface area contributed by atoms with Crippen LogP contribution in [0.4, 0.5) is 0 Å². The summed E-state index contributed by atoms with van der Waals surface area (Å²) in [7, 11) is -2.37. The molecule has 1 unspecified atom stereocenters. The monoisotopic (exact) mass is 778 g/mol. The summed E-state index contributed by atoms with van der Waals surface area (Å²) in [5, 5.41) is 3.88. The summed E-state index contributed by atoms with van der Waals surface area (Å²) < 4.78 is 45.6. The zero-order valence-corrected chi connectivity index (χ0v) is 33.4. The Balaban J connectivity index is 1.23. The van der Waals surface area contributed by atoms with E-state index in [9.17, 15) is 27.6 Å². The maximum atomic E-state index is 14.8. The second kappa shape index (κ2) is 14.7. The zero-order valence-electron chi connectivity index (χ0n) is 32.6. The van der Waals surface area contributed by atoms with Crippen molar-refractivity contribution in [2.45, 2.75) is 127 Å². The van der Waals surface area contributed by atoms with Gasteiger partial charge in [0.15, 0.2) is 0 Å². The fourth-order valence-electron chi connectivity index (χ4n) is 8.45. The lowest BCUT2D eigenvalue weighted by atomic mass is 9.87. The first-order valence-corrected chi connectivity index (χ1v) is 21.3. The highest BCUT2D eigenvalue weighted by molar-refractivity contribution is 7.91. The lowest BCUT2D eigenvalue weighted by molar-refractivity contribution is -0.151. The molecule has 2 aromatic rings. The number of sulfonamides is 1. The number of fused-ring (bicyclic) bond motifs is 5. The van der Waals surface area contributed by atoms with Crippen LogP contribution in [0.5, 0.6) is 11.5 Å². The van der Waals surface area contributed by atoms with Gasteiger partial charge in [-0.05, 0) is 89.3 Å². The second-order valence-electron chi connectivity index (χ2n) is 17.1. The summed E-state index contributed by atoms with van der Waals surface area (Å²) >= 11 is 0. The number of methoxy groups -OCH3 is 1. The van der Waals surface area contributed by atoms with Gasteiger partial charge < -0.3 is 24.4 Å². The molecule has 5 aliphatic rings. The number of allylic oxidation sites excluding steroid dienone is 1. The van der Waals surface area contributed by atoms with Gasteiger partial charge >= 0.3 is 5.97 Å². The fraction of sp³-hybridized carbons (Fsp3) is 0.634. The van der Waals surface area contributed by atoms with Crippen molar-refractivity contribution in [1.29, 1.82) is 0 Å². The van der Waals surface area contributed by atoms with Crippen LogP contribution in [0.15, 0.2) is 30.4 Å². The van der Waals surface area contributed by atoms with Crippen molar-refractivity contribution < 1.29 is 41.8 Å². The van der Waals surface area contributed by atoms with Crippen molar-refractivity contribution in [1.82, 2.24) is 19.9 Å². The summed E-state index contributed by atoms with van der Waals surface area (Å²) in [6, 6.07) is 4.67. The molecule has 1 spiro atoms. The van der Waals surface area contributed by atoms with Crippen LogP contribution in [-0.2, 0) is 40.4 Å². The van der Waals surface area contributed by atoms with Gasteiger partial charge in [0.1, 0.15) is 28.7 Å². The van der Waals surface area contributed by atoms with Gasteiger partial charge in [0.2, 0.25) is 21.8 Å². The topological polar surface area (TPSA) is 170 Å². The minimum atomic E-state index is -3.98. The van der Waals surface area contributed by atoms with E-state index >= 15 is 0 Å². The molecule has 2 aliphatic carbocycles. The molecule has 2 N–H and O–H groups in total. The Morgan fingerprint density at radius 3 is 2.64 bits per heavy atom. The Bertz CT molecular complexity index is 2030. The fourth-order valence-corrected chi connectivity index (χ4v) is 9.76. The van der Waals surface area contributed by atoms with Gasteiger partial charge in [-0.1, -0.05) is 38.8 Å². The Hall–Kier alpha value is -4.20. The molecular weight excluding hydrogens is 725 g/mol. The van der Waals surface area contributed by atoms with E-state index in [-0.39, 0.29) is 44.2 Å². The van der Waals surface area contributed by atoms with E-state index in [4.69, 9.17) is 19.2 Å². The van der Waals surface area contributed by atoms with Crippen LogP contribution in [0.1, 0.15) is 103 Å². The van der Waals surface area contributed by atoms with Gasteiger partial charge in [-0.2, -0.15) is 0 Å². The van der Waals surface area contributed by atoms with E-state index in [0.29, 0.717) is 55.7 Å². The number of hydrogen-bond acceptors (Lipinski definition) is 10. The molecule has 3 amide bonds. The molecule has 14 heteroatoms. The van der Waals surface area contributed by atoms with Crippen molar-refractivity contribution in [2.75, 3.05) is 20.3 Å². The highest BCUT2D eigenvalue weighted by atomic mass is 32.2. The summed E-state index contributed by atoms with van der Waals surface area (Å²) in [5.41, 5.74) is 0.0276. The predicted molar refractivity (Wildman–Crippen MR) is 205 cm³/mol. The molecule has 3 aliphatic heterocycles. The Labute approximate surface area is 323 Å². The Kier molecular flexibility index (Phi) is 10.4. The second-order valence-corrected chi connectivity index (χ2v) is 19.3. The van der Waals surface area contributed by atoms with E-state index in [0.717, 1.165) is 35.7 Å². The van der Waals surface area contributed by atoms with Gasteiger partial charge in [0, 0.05) is 29.2 Å². The number of aryl methyl sites for hydroxylation is 2. The van der Waals surface area contributed by atoms with E-state index in [1.807, 2.05) is 51.1 Å². The maximum Gasteiger partial charge on any atom is 0.306 e. The molecule has 5 atom stereocenters. The number of hydrogen-bond donors (Lipinski definition) is 2. The van der Waals surface area contributed by atoms with Gasteiger partial charge in [0.05, 0.1) is 42.6 Å². The first kappa shape index (κ1) is 39.1. The number of carbonyl (C=O) groups excluding carboxylic acids is 4. The number of nitrogens with zero attached hydrogens (tertiary/aromatic N) is 2. The number of carbonyl (C=O) groups is 4. The van der Waals surface area contributed by atoms with Gasteiger partial charge in [-0.25, -0.2) is 13.4 Å². The minimum Gasteiger partial charge on any atom is -0.497 e.